The van der Waals surface area contributed by atoms with Gasteiger partial charge in [0.05, 0.1) is 31.9 Å². The molecule has 0 radical (unpaired) electrons. The van der Waals surface area contributed by atoms with E-state index in [4.69, 9.17) is 4.74 Å². The lowest BCUT2D eigenvalue weighted by molar-refractivity contribution is -0.131. The van der Waals surface area contributed by atoms with Crippen molar-refractivity contribution in [1.29, 1.82) is 0 Å². The Kier molecular flexibility index (Phi) is 8.52. The van der Waals surface area contributed by atoms with Crippen LogP contribution in [0.3, 0.4) is 0 Å². The fourth-order valence-electron chi connectivity index (χ4n) is 4.97. The van der Waals surface area contributed by atoms with Gasteiger partial charge in [-0.15, -0.1) is 0 Å². The van der Waals surface area contributed by atoms with Crippen LogP contribution in [-0.4, -0.2) is 58.0 Å². The van der Waals surface area contributed by atoms with Crippen molar-refractivity contribution in [2.24, 2.45) is 17.8 Å². The average molecular weight is 470 g/mol. The maximum Gasteiger partial charge on any atom is 0.167 e. The van der Waals surface area contributed by atoms with Crippen LogP contribution in [0, 0.1) is 17.8 Å². The number of hydrogen-bond donors (Lipinski definition) is 3. The summed E-state index contributed by atoms with van der Waals surface area (Å²) in [6, 6.07) is 5.06. The number of carbonyl (C=O) groups excluding carboxylic acids is 3. The molecule has 1 heterocycles. The van der Waals surface area contributed by atoms with Crippen LogP contribution in [0.1, 0.15) is 48.5 Å². The van der Waals surface area contributed by atoms with Crippen LogP contribution in [0.5, 0.6) is 11.5 Å². The highest BCUT2D eigenvalue weighted by Gasteiger charge is 2.35. The molecule has 3 unspecified atom stereocenters. The van der Waals surface area contributed by atoms with Crippen molar-refractivity contribution in [2.45, 2.75) is 39.0 Å². The van der Waals surface area contributed by atoms with Crippen LogP contribution in [0.2, 0.25) is 0 Å². The maximum atomic E-state index is 13.1. The second-order valence-electron chi connectivity index (χ2n) is 8.94. The number of aliphatic hydroxyl groups excluding tert-OH is 2. The van der Waals surface area contributed by atoms with E-state index in [1.807, 2.05) is 6.07 Å². The van der Waals surface area contributed by atoms with Gasteiger partial charge in [-0.3, -0.25) is 19.4 Å². The number of carbonyl (C=O) groups is 3. The molecule has 1 aromatic carbocycles. The Labute approximate surface area is 198 Å². The molecule has 0 fully saturated rings. The summed E-state index contributed by atoms with van der Waals surface area (Å²) >= 11 is 0. The Hall–Kier alpha value is -3.10. The SMILES string of the molecule is COc1cncc(-c2ccc(O)c3c2CC(CC(CCO)C(CO)C(=O)CC(C)=O)CC3=O)c1. The predicted octanol–water partition coefficient (Wildman–Crippen LogP) is 2.75. The van der Waals surface area contributed by atoms with E-state index in [0.29, 0.717) is 29.7 Å². The summed E-state index contributed by atoms with van der Waals surface area (Å²) in [6.45, 7) is 0.731. The molecule has 0 saturated heterocycles. The standard InChI is InChI=1S/C26H31NO7/c1-15(30)7-24(32)22(14-29)17(5-6-28)8-16-9-21-20(18-11-19(34-2)13-27-12-18)3-4-23(31)26(21)25(33)10-16/h3-4,11-13,16-17,22,28-29,31H,5-10,14H2,1-2H3. The number of phenolic OH excluding ortho intramolecular Hbond substituents is 1. The van der Waals surface area contributed by atoms with E-state index in [0.717, 1.165) is 11.1 Å². The molecule has 2 aromatic rings. The summed E-state index contributed by atoms with van der Waals surface area (Å²) in [5.74, 6) is -1.64. The number of ether oxygens (including phenoxy) is 1. The molecule has 3 rings (SSSR count). The van der Waals surface area contributed by atoms with Crippen LogP contribution < -0.4 is 4.74 Å². The molecule has 1 aromatic heterocycles. The van der Waals surface area contributed by atoms with Crippen molar-refractivity contribution in [3.63, 3.8) is 0 Å². The second kappa shape index (κ2) is 11.4. The van der Waals surface area contributed by atoms with E-state index in [9.17, 15) is 29.7 Å². The third-order valence-corrected chi connectivity index (χ3v) is 6.53. The van der Waals surface area contributed by atoms with Gasteiger partial charge in [0, 0.05) is 30.7 Å². The molecule has 1 aliphatic rings. The van der Waals surface area contributed by atoms with E-state index >= 15 is 0 Å². The van der Waals surface area contributed by atoms with Gasteiger partial charge in [-0.1, -0.05) is 6.07 Å². The van der Waals surface area contributed by atoms with Crippen LogP contribution in [0.4, 0.5) is 0 Å². The van der Waals surface area contributed by atoms with Gasteiger partial charge >= 0.3 is 0 Å². The lowest BCUT2D eigenvalue weighted by Crippen LogP contribution is -2.32. The van der Waals surface area contributed by atoms with E-state index in [-0.39, 0.29) is 60.8 Å². The third-order valence-electron chi connectivity index (χ3n) is 6.53. The molecule has 34 heavy (non-hydrogen) atoms. The summed E-state index contributed by atoms with van der Waals surface area (Å²) in [7, 11) is 1.54. The second-order valence-corrected chi connectivity index (χ2v) is 8.94. The maximum absolute atomic E-state index is 13.1. The number of ketones is 3. The van der Waals surface area contributed by atoms with Gasteiger partial charge in [-0.25, -0.2) is 0 Å². The minimum atomic E-state index is -0.779. The normalized spacial score (nSPS) is 17.1. The molecule has 0 amide bonds. The van der Waals surface area contributed by atoms with Crippen molar-refractivity contribution in [3.8, 4) is 22.6 Å². The largest absolute Gasteiger partial charge is 0.507 e. The van der Waals surface area contributed by atoms with Gasteiger partial charge in [0.25, 0.3) is 0 Å². The molecule has 1 aliphatic carbocycles. The highest BCUT2D eigenvalue weighted by molar-refractivity contribution is 6.03. The Bertz CT molecular complexity index is 1070. The number of aromatic hydroxyl groups is 1. The summed E-state index contributed by atoms with van der Waals surface area (Å²) < 4.78 is 5.27. The number of fused-ring (bicyclic) bond motifs is 1. The number of nitrogens with zero attached hydrogens (tertiary/aromatic N) is 1. The minimum Gasteiger partial charge on any atom is -0.507 e. The van der Waals surface area contributed by atoms with Gasteiger partial charge in [0.1, 0.15) is 23.1 Å². The number of benzene rings is 1. The smallest absolute Gasteiger partial charge is 0.167 e. The summed E-state index contributed by atoms with van der Waals surface area (Å²) in [5.41, 5.74) is 2.51. The van der Waals surface area contributed by atoms with Crippen molar-refractivity contribution in [1.82, 2.24) is 4.98 Å². The molecule has 8 nitrogen and oxygen atoms in total. The Morgan fingerprint density at radius 1 is 1.21 bits per heavy atom. The van der Waals surface area contributed by atoms with Crippen molar-refractivity contribution in [2.75, 3.05) is 20.3 Å². The zero-order chi connectivity index (χ0) is 24.8. The fraction of sp³-hybridized carbons (Fsp3) is 0.462. The number of phenols is 1. The van der Waals surface area contributed by atoms with Gasteiger partial charge in [0.2, 0.25) is 0 Å². The molecular weight excluding hydrogens is 438 g/mol. The molecule has 8 heteroatoms. The number of pyridine rings is 1. The summed E-state index contributed by atoms with van der Waals surface area (Å²) in [5, 5.41) is 29.9. The average Bonchev–Trinajstić information content (AvgIpc) is 2.79. The molecule has 182 valence electrons. The monoisotopic (exact) mass is 469 g/mol. The Balaban J connectivity index is 1.93. The highest BCUT2D eigenvalue weighted by atomic mass is 16.5. The number of rotatable bonds is 11. The number of aliphatic hydroxyl groups is 2. The van der Waals surface area contributed by atoms with Crippen LogP contribution in [0.15, 0.2) is 30.6 Å². The van der Waals surface area contributed by atoms with Gasteiger partial charge < -0.3 is 20.1 Å². The number of aromatic nitrogens is 1. The highest BCUT2D eigenvalue weighted by Crippen LogP contribution is 2.41. The molecule has 3 N–H and O–H groups in total. The minimum absolute atomic E-state index is 0.0742. The summed E-state index contributed by atoms with van der Waals surface area (Å²) in [6.07, 6.45) is 4.34. The first-order valence-corrected chi connectivity index (χ1v) is 11.4. The number of methoxy groups -OCH3 is 1. The Morgan fingerprint density at radius 3 is 2.62 bits per heavy atom. The van der Waals surface area contributed by atoms with Gasteiger partial charge in [-0.05, 0) is 61.3 Å². The van der Waals surface area contributed by atoms with Crippen molar-refractivity contribution >= 4 is 17.3 Å². The predicted molar refractivity (Wildman–Crippen MR) is 125 cm³/mol. The van der Waals surface area contributed by atoms with Crippen molar-refractivity contribution < 1.29 is 34.4 Å². The molecule has 0 saturated carbocycles. The number of Topliss-reactive ketones (excluding diaryl/α,β-unsaturated/α-hetero) is 3. The van der Waals surface area contributed by atoms with Crippen molar-refractivity contribution in [3.05, 3.63) is 41.7 Å². The third kappa shape index (κ3) is 5.69. The van der Waals surface area contributed by atoms with Gasteiger partial charge in [-0.2, -0.15) is 0 Å². The van der Waals surface area contributed by atoms with E-state index in [1.54, 1.807) is 25.6 Å². The molecular formula is C26H31NO7. The molecule has 0 aliphatic heterocycles. The zero-order valence-electron chi connectivity index (χ0n) is 19.5. The lowest BCUT2D eigenvalue weighted by Gasteiger charge is -2.31. The molecule has 3 atom stereocenters. The first-order chi connectivity index (χ1) is 16.3. The lowest BCUT2D eigenvalue weighted by atomic mass is 9.72. The van der Waals surface area contributed by atoms with Crippen LogP contribution in [-0.2, 0) is 16.0 Å². The zero-order valence-corrected chi connectivity index (χ0v) is 19.5. The van der Waals surface area contributed by atoms with Gasteiger partial charge in [0.15, 0.2) is 5.78 Å². The number of hydrogen-bond acceptors (Lipinski definition) is 8. The van der Waals surface area contributed by atoms with Crippen LogP contribution in [0.25, 0.3) is 11.1 Å². The van der Waals surface area contributed by atoms with E-state index in [1.165, 1.54) is 13.0 Å². The Morgan fingerprint density at radius 2 is 1.97 bits per heavy atom. The molecule has 0 spiro atoms. The first kappa shape index (κ1) is 25.5. The first-order valence-electron chi connectivity index (χ1n) is 11.4. The molecule has 0 bridgehead atoms. The van der Waals surface area contributed by atoms with E-state index < -0.39 is 12.5 Å². The van der Waals surface area contributed by atoms with Crippen LogP contribution >= 0.6 is 0 Å². The fourth-order valence-corrected chi connectivity index (χ4v) is 4.97. The topological polar surface area (TPSA) is 134 Å². The van der Waals surface area contributed by atoms with E-state index in [2.05, 4.69) is 4.98 Å². The quantitative estimate of drug-likeness (QED) is 0.428. The summed E-state index contributed by atoms with van der Waals surface area (Å²) in [4.78, 5) is 41.3.